The van der Waals surface area contributed by atoms with E-state index in [-0.39, 0.29) is 24.5 Å². The standard InChI is InChI=1S/C30H35N5O3/c1-19-25(9-6-11-32-19)24-14-26(20(2)38-3)29-33-27(17-35(29)16-24)30(37)34-12-10-22(28(36)18-34)13-21-7-4-5-8-23(21)15-31/h4-9,11,14,16-17,20,22,28,36H,10,12-13,15,18,31H2,1-3H3/t20-,22?,28-/m1/s1. The van der Waals surface area contributed by atoms with Gasteiger partial charge in [0.2, 0.25) is 0 Å². The number of β-amino-alcohol motifs (C(OH)–C–C–N with tert-alkyl or cyclic N) is 1. The lowest BCUT2D eigenvalue weighted by Gasteiger charge is -2.36. The number of nitrogens with two attached hydrogens (primary N) is 1. The zero-order chi connectivity index (χ0) is 26.8. The van der Waals surface area contributed by atoms with Crippen LogP contribution in [0, 0.1) is 12.8 Å². The first-order valence-corrected chi connectivity index (χ1v) is 13.1. The Morgan fingerprint density at radius 3 is 2.71 bits per heavy atom. The number of nitrogens with zero attached hydrogens (tertiary/aromatic N) is 4. The van der Waals surface area contributed by atoms with E-state index in [2.05, 4.69) is 17.1 Å². The molecule has 4 aromatic rings. The van der Waals surface area contributed by atoms with E-state index in [1.54, 1.807) is 24.4 Å². The smallest absolute Gasteiger partial charge is 0.274 e. The zero-order valence-electron chi connectivity index (χ0n) is 22.2. The molecule has 1 aromatic carbocycles. The Balaban J connectivity index is 1.39. The Morgan fingerprint density at radius 1 is 1.21 bits per heavy atom. The Morgan fingerprint density at radius 2 is 2.00 bits per heavy atom. The number of carbonyl (C=O) groups excluding carboxylic acids is 1. The molecular formula is C30H35N5O3. The number of fused-ring (bicyclic) bond motifs is 1. The van der Waals surface area contributed by atoms with Gasteiger partial charge in [-0.15, -0.1) is 0 Å². The average molecular weight is 514 g/mol. The van der Waals surface area contributed by atoms with Gasteiger partial charge in [0.1, 0.15) is 11.3 Å². The van der Waals surface area contributed by atoms with E-state index in [0.29, 0.717) is 24.4 Å². The van der Waals surface area contributed by atoms with Crippen LogP contribution >= 0.6 is 0 Å². The first-order valence-electron chi connectivity index (χ1n) is 13.1. The molecule has 0 bridgehead atoms. The third-order valence-corrected chi connectivity index (χ3v) is 7.74. The molecule has 1 aliphatic heterocycles. The Bertz CT molecular complexity index is 1450. The van der Waals surface area contributed by atoms with Crippen LogP contribution in [0.2, 0.25) is 0 Å². The molecule has 3 N–H and O–H groups in total. The van der Waals surface area contributed by atoms with Gasteiger partial charge >= 0.3 is 0 Å². The van der Waals surface area contributed by atoms with Gasteiger partial charge in [0.25, 0.3) is 5.91 Å². The molecule has 0 radical (unpaired) electrons. The van der Waals surface area contributed by atoms with Crippen molar-refractivity contribution in [2.45, 2.75) is 45.4 Å². The molecule has 1 unspecified atom stereocenters. The molecule has 8 heteroatoms. The first-order chi connectivity index (χ1) is 18.4. The number of carbonyl (C=O) groups is 1. The van der Waals surface area contributed by atoms with Crippen molar-refractivity contribution in [3.8, 4) is 11.1 Å². The molecule has 1 amide bonds. The van der Waals surface area contributed by atoms with Gasteiger partial charge in [0.05, 0.1) is 12.2 Å². The maximum absolute atomic E-state index is 13.5. The summed E-state index contributed by atoms with van der Waals surface area (Å²) in [5.74, 6) is -0.101. The second-order valence-electron chi connectivity index (χ2n) is 10.1. The molecule has 3 atom stereocenters. The fraction of sp³-hybridized carbons (Fsp3) is 0.367. The quantitative estimate of drug-likeness (QED) is 0.388. The number of hydrogen-bond donors (Lipinski definition) is 2. The molecule has 8 nitrogen and oxygen atoms in total. The highest BCUT2D eigenvalue weighted by atomic mass is 16.5. The molecule has 0 aliphatic carbocycles. The van der Waals surface area contributed by atoms with Crippen LogP contribution in [0.3, 0.4) is 0 Å². The second kappa shape index (κ2) is 11.0. The number of ether oxygens (including phenoxy) is 1. The van der Waals surface area contributed by atoms with Gasteiger partial charge in [0.15, 0.2) is 0 Å². The Hall–Kier alpha value is -3.59. The van der Waals surface area contributed by atoms with Crippen LogP contribution < -0.4 is 5.73 Å². The molecule has 0 spiro atoms. The molecule has 3 aromatic heterocycles. The number of aromatic nitrogens is 3. The van der Waals surface area contributed by atoms with Crippen molar-refractivity contribution >= 4 is 11.6 Å². The summed E-state index contributed by atoms with van der Waals surface area (Å²) < 4.78 is 7.53. The number of aliphatic hydroxyl groups is 1. The number of likely N-dealkylation sites (tertiary alicyclic amines) is 1. The maximum Gasteiger partial charge on any atom is 0.274 e. The molecule has 1 fully saturated rings. The number of benzene rings is 1. The number of amides is 1. The molecule has 0 saturated carbocycles. The summed E-state index contributed by atoms with van der Waals surface area (Å²) >= 11 is 0. The summed E-state index contributed by atoms with van der Waals surface area (Å²) in [6.45, 7) is 5.27. The van der Waals surface area contributed by atoms with Gasteiger partial charge in [0, 0.05) is 67.7 Å². The lowest BCUT2D eigenvalue weighted by molar-refractivity contribution is 0.0194. The zero-order valence-corrected chi connectivity index (χ0v) is 22.2. The van der Waals surface area contributed by atoms with Gasteiger partial charge in [-0.3, -0.25) is 9.78 Å². The van der Waals surface area contributed by atoms with Gasteiger partial charge < -0.3 is 24.9 Å². The first kappa shape index (κ1) is 26.0. The molecule has 5 rings (SSSR count). The van der Waals surface area contributed by atoms with Gasteiger partial charge in [-0.05, 0) is 55.9 Å². The van der Waals surface area contributed by atoms with E-state index in [4.69, 9.17) is 15.5 Å². The van der Waals surface area contributed by atoms with E-state index in [1.165, 1.54) is 5.56 Å². The highest BCUT2D eigenvalue weighted by Gasteiger charge is 2.32. The molecule has 1 saturated heterocycles. The van der Waals surface area contributed by atoms with Crippen LogP contribution in [0.1, 0.15) is 52.3 Å². The molecule has 1 aliphatic rings. The van der Waals surface area contributed by atoms with Crippen molar-refractivity contribution in [2.24, 2.45) is 11.7 Å². The number of rotatable bonds is 7. The molecule has 4 heterocycles. The van der Waals surface area contributed by atoms with Crippen LogP contribution in [0.4, 0.5) is 0 Å². The third-order valence-electron chi connectivity index (χ3n) is 7.74. The molecule has 198 valence electrons. The number of piperidine rings is 1. The lowest BCUT2D eigenvalue weighted by atomic mass is 9.86. The number of aliphatic hydroxyl groups excluding tert-OH is 1. The van der Waals surface area contributed by atoms with E-state index >= 15 is 0 Å². The van der Waals surface area contributed by atoms with Crippen molar-refractivity contribution in [3.63, 3.8) is 0 Å². The van der Waals surface area contributed by atoms with Crippen molar-refractivity contribution < 1.29 is 14.6 Å². The SMILES string of the molecule is CO[C@H](C)c1cc(-c2cccnc2C)cn2cc(C(=O)N3CCC(Cc4ccccc4CN)[C@H](O)C3)nc12. The number of methoxy groups -OCH3 is 1. The maximum atomic E-state index is 13.5. The van der Waals surface area contributed by atoms with Gasteiger partial charge in [-0.2, -0.15) is 0 Å². The number of pyridine rings is 2. The van der Waals surface area contributed by atoms with Crippen molar-refractivity contribution in [1.29, 1.82) is 0 Å². The molecular weight excluding hydrogens is 478 g/mol. The monoisotopic (exact) mass is 513 g/mol. The second-order valence-corrected chi connectivity index (χ2v) is 10.1. The van der Waals surface area contributed by atoms with E-state index < -0.39 is 6.10 Å². The van der Waals surface area contributed by atoms with E-state index in [1.807, 2.05) is 54.8 Å². The Kier molecular flexibility index (Phi) is 7.56. The summed E-state index contributed by atoms with van der Waals surface area (Å²) in [7, 11) is 1.66. The lowest BCUT2D eigenvalue weighted by Crippen LogP contribution is -2.47. The normalized spacial score (nSPS) is 18.6. The van der Waals surface area contributed by atoms with Gasteiger partial charge in [-0.25, -0.2) is 4.98 Å². The fourth-order valence-corrected chi connectivity index (χ4v) is 5.39. The van der Waals surface area contributed by atoms with Crippen LogP contribution in [0.5, 0.6) is 0 Å². The molecule has 38 heavy (non-hydrogen) atoms. The van der Waals surface area contributed by atoms with E-state index in [9.17, 15) is 9.90 Å². The third kappa shape index (κ3) is 5.07. The minimum absolute atomic E-state index is 0.0762. The average Bonchev–Trinajstić information content (AvgIpc) is 3.37. The minimum atomic E-state index is -0.611. The van der Waals surface area contributed by atoms with Crippen LogP contribution in [-0.4, -0.2) is 56.6 Å². The highest BCUT2D eigenvalue weighted by molar-refractivity contribution is 5.93. The van der Waals surface area contributed by atoms with Crippen LogP contribution in [-0.2, 0) is 17.7 Å². The summed E-state index contributed by atoms with van der Waals surface area (Å²) in [6, 6.07) is 14.1. The van der Waals surface area contributed by atoms with Crippen LogP contribution in [0.25, 0.3) is 16.8 Å². The van der Waals surface area contributed by atoms with Gasteiger partial charge in [-0.1, -0.05) is 30.3 Å². The number of imidazole rings is 1. The summed E-state index contributed by atoms with van der Waals surface area (Å²) in [6.07, 6.45) is 6.17. The Labute approximate surface area is 223 Å². The summed E-state index contributed by atoms with van der Waals surface area (Å²) in [5.41, 5.74) is 13.0. The van der Waals surface area contributed by atoms with Crippen molar-refractivity contribution in [2.75, 3.05) is 20.2 Å². The fourth-order valence-electron chi connectivity index (χ4n) is 5.39. The highest BCUT2D eigenvalue weighted by Crippen LogP contribution is 2.30. The van der Waals surface area contributed by atoms with Crippen LogP contribution in [0.15, 0.2) is 61.1 Å². The number of hydrogen-bond acceptors (Lipinski definition) is 6. The predicted molar refractivity (Wildman–Crippen MR) is 147 cm³/mol. The predicted octanol–water partition coefficient (Wildman–Crippen LogP) is 3.94. The number of aryl methyl sites for hydroxylation is 1. The summed E-state index contributed by atoms with van der Waals surface area (Å²) in [4.78, 5) is 24.4. The summed E-state index contributed by atoms with van der Waals surface area (Å²) in [5, 5.41) is 11.0. The van der Waals surface area contributed by atoms with E-state index in [0.717, 1.165) is 40.8 Å². The minimum Gasteiger partial charge on any atom is -0.391 e. The van der Waals surface area contributed by atoms with Crippen molar-refractivity contribution in [1.82, 2.24) is 19.3 Å². The largest absolute Gasteiger partial charge is 0.391 e. The van der Waals surface area contributed by atoms with Crippen molar-refractivity contribution in [3.05, 3.63) is 89.1 Å². The topological polar surface area (TPSA) is 106 Å².